The molecule has 31 heavy (non-hydrogen) atoms. The number of hydrogen-bond donors (Lipinski definition) is 4. The fourth-order valence-electron chi connectivity index (χ4n) is 3.75. The molecular weight excluding hydrogens is 406 g/mol. The number of ether oxygens (including phenoxy) is 4. The summed E-state index contributed by atoms with van der Waals surface area (Å²) >= 11 is 0. The van der Waals surface area contributed by atoms with E-state index >= 15 is 0 Å². The van der Waals surface area contributed by atoms with Crippen LogP contribution >= 0.6 is 0 Å². The number of aliphatic hydroxyl groups is 1. The van der Waals surface area contributed by atoms with Crippen LogP contribution in [0.4, 0.5) is 4.79 Å². The molecular formula is C21H31N3O7. The average Bonchev–Trinajstić information content (AvgIpc) is 3.29. The predicted molar refractivity (Wildman–Crippen MR) is 111 cm³/mol. The number of benzene rings is 1. The van der Waals surface area contributed by atoms with Gasteiger partial charge in [-0.1, -0.05) is 12.1 Å². The molecule has 1 aromatic carbocycles. The van der Waals surface area contributed by atoms with Crippen LogP contribution in [0, 0.1) is 0 Å². The van der Waals surface area contributed by atoms with E-state index < -0.39 is 18.3 Å². The maximum absolute atomic E-state index is 12.3. The van der Waals surface area contributed by atoms with Gasteiger partial charge in [0.1, 0.15) is 24.1 Å². The van der Waals surface area contributed by atoms with E-state index in [9.17, 15) is 14.7 Å². The normalized spacial score (nSPS) is 26.9. The first-order valence-electron chi connectivity index (χ1n) is 10.4. The Morgan fingerprint density at radius 2 is 1.90 bits per heavy atom. The van der Waals surface area contributed by atoms with Crippen LogP contribution in [0.15, 0.2) is 24.3 Å². The van der Waals surface area contributed by atoms with Crippen molar-refractivity contribution in [3.05, 3.63) is 29.8 Å². The van der Waals surface area contributed by atoms with E-state index in [1.54, 1.807) is 14.2 Å². The smallest absolute Gasteiger partial charge is 0.314 e. The molecule has 0 spiro atoms. The number of nitrogens with one attached hydrogen (secondary N) is 3. The molecule has 0 aliphatic carbocycles. The Labute approximate surface area is 181 Å². The van der Waals surface area contributed by atoms with Crippen molar-refractivity contribution in [3.63, 3.8) is 0 Å². The standard InChI is InChI=1S/C21H31N3O7/c1-28-8-7-22-21(27)24-12-17-19(26)20-16(31-17)9-15(30-20)10-18(25)23-11-13-3-5-14(29-2)6-4-13/h3-6,15-17,19-20,26H,7-12H2,1-2H3,(H,23,25)(H2,22,24,27)/t15-,16+,17+,19+,20-/m0/s1. The molecule has 0 radical (unpaired) electrons. The van der Waals surface area contributed by atoms with Gasteiger partial charge in [-0.15, -0.1) is 0 Å². The van der Waals surface area contributed by atoms with Crippen LogP contribution in [-0.4, -0.2) is 81.5 Å². The van der Waals surface area contributed by atoms with Crippen molar-refractivity contribution in [2.45, 2.75) is 49.9 Å². The van der Waals surface area contributed by atoms with E-state index in [0.717, 1.165) is 11.3 Å². The van der Waals surface area contributed by atoms with Crippen LogP contribution in [0.25, 0.3) is 0 Å². The van der Waals surface area contributed by atoms with Crippen molar-refractivity contribution < 1.29 is 33.6 Å². The van der Waals surface area contributed by atoms with Gasteiger partial charge in [-0.3, -0.25) is 4.79 Å². The minimum atomic E-state index is -0.864. The largest absolute Gasteiger partial charge is 0.497 e. The summed E-state index contributed by atoms with van der Waals surface area (Å²) in [7, 11) is 3.16. The van der Waals surface area contributed by atoms with Crippen molar-refractivity contribution in [2.75, 3.05) is 33.9 Å². The van der Waals surface area contributed by atoms with Crippen molar-refractivity contribution in [1.82, 2.24) is 16.0 Å². The fourth-order valence-corrected chi connectivity index (χ4v) is 3.75. The van der Waals surface area contributed by atoms with Crippen LogP contribution in [-0.2, 0) is 25.5 Å². The van der Waals surface area contributed by atoms with E-state index in [0.29, 0.717) is 26.1 Å². The first-order valence-corrected chi connectivity index (χ1v) is 10.4. The molecule has 0 bridgehead atoms. The maximum Gasteiger partial charge on any atom is 0.314 e. The highest BCUT2D eigenvalue weighted by Crippen LogP contribution is 2.35. The molecule has 3 amide bonds. The van der Waals surface area contributed by atoms with Gasteiger partial charge in [0.05, 0.1) is 32.3 Å². The first kappa shape index (κ1) is 23.3. The van der Waals surface area contributed by atoms with Gasteiger partial charge >= 0.3 is 6.03 Å². The summed E-state index contributed by atoms with van der Waals surface area (Å²) in [6.07, 6.45) is -1.80. The van der Waals surface area contributed by atoms with Crippen molar-refractivity contribution in [1.29, 1.82) is 0 Å². The van der Waals surface area contributed by atoms with Crippen LogP contribution in [0.2, 0.25) is 0 Å². The second-order valence-corrected chi connectivity index (χ2v) is 7.62. The van der Waals surface area contributed by atoms with Crippen molar-refractivity contribution in [3.8, 4) is 5.75 Å². The molecule has 10 nitrogen and oxygen atoms in total. The topological polar surface area (TPSA) is 127 Å². The molecule has 2 aliphatic heterocycles. The lowest BCUT2D eigenvalue weighted by Gasteiger charge is -2.20. The third kappa shape index (κ3) is 6.54. The molecule has 2 heterocycles. The van der Waals surface area contributed by atoms with E-state index in [1.165, 1.54) is 0 Å². The summed E-state index contributed by atoms with van der Waals surface area (Å²) in [6, 6.07) is 7.13. The van der Waals surface area contributed by atoms with Gasteiger partial charge in [-0.25, -0.2) is 4.79 Å². The lowest BCUT2D eigenvalue weighted by molar-refractivity contribution is -0.124. The molecule has 4 N–H and O–H groups in total. The molecule has 2 fully saturated rings. The lowest BCUT2D eigenvalue weighted by atomic mass is 10.1. The van der Waals surface area contributed by atoms with Gasteiger partial charge in [0.25, 0.3) is 0 Å². The summed E-state index contributed by atoms with van der Waals surface area (Å²) in [5.41, 5.74) is 0.971. The quantitative estimate of drug-likeness (QED) is 0.378. The monoisotopic (exact) mass is 437 g/mol. The Hall–Kier alpha value is -2.40. The molecule has 3 rings (SSSR count). The third-order valence-corrected chi connectivity index (χ3v) is 5.40. The fraction of sp³-hybridized carbons (Fsp3) is 0.619. The molecule has 0 saturated carbocycles. The average molecular weight is 437 g/mol. The van der Waals surface area contributed by atoms with Gasteiger partial charge in [-0.05, 0) is 17.7 Å². The summed E-state index contributed by atoms with van der Waals surface area (Å²) in [5.74, 6) is 0.640. The minimum Gasteiger partial charge on any atom is -0.497 e. The second kappa shape index (κ2) is 11.3. The predicted octanol–water partition coefficient (Wildman–Crippen LogP) is -0.0671. The van der Waals surface area contributed by atoms with E-state index in [1.807, 2.05) is 24.3 Å². The summed E-state index contributed by atoms with van der Waals surface area (Å²) < 4.78 is 21.7. The zero-order chi connectivity index (χ0) is 22.2. The Morgan fingerprint density at radius 3 is 2.58 bits per heavy atom. The molecule has 0 unspecified atom stereocenters. The lowest BCUT2D eigenvalue weighted by Crippen LogP contribution is -2.44. The zero-order valence-electron chi connectivity index (χ0n) is 17.8. The Morgan fingerprint density at radius 1 is 1.13 bits per heavy atom. The first-order chi connectivity index (χ1) is 15.0. The summed E-state index contributed by atoms with van der Waals surface area (Å²) in [4.78, 5) is 24.0. The van der Waals surface area contributed by atoms with Crippen LogP contribution in [0.5, 0.6) is 5.75 Å². The van der Waals surface area contributed by atoms with E-state index in [-0.39, 0.29) is 37.1 Å². The summed E-state index contributed by atoms with van der Waals surface area (Å²) in [5, 5.41) is 18.7. The Kier molecular flexibility index (Phi) is 8.47. The highest BCUT2D eigenvalue weighted by molar-refractivity contribution is 5.76. The van der Waals surface area contributed by atoms with Crippen molar-refractivity contribution in [2.24, 2.45) is 0 Å². The SMILES string of the molecule is COCCNC(=O)NC[C@H]1O[C@@H]2C[C@@H](CC(=O)NCc3ccc(OC)cc3)O[C@@H]2[C@@H]1O. The number of urea groups is 1. The van der Waals surface area contributed by atoms with E-state index in [2.05, 4.69) is 16.0 Å². The van der Waals surface area contributed by atoms with Crippen LogP contribution < -0.4 is 20.7 Å². The Balaban J connectivity index is 1.36. The highest BCUT2D eigenvalue weighted by atomic mass is 16.6. The number of hydrogen-bond acceptors (Lipinski definition) is 7. The molecule has 2 aliphatic rings. The van der Waals surface area contributed by atoms with E-state index in [4.69, 9.17) is 18.9 Å². The van der Waals surface area contributed by atoms with Crippen LogP contribution in [0.1, 0.15) is 18.4 Å². The number of aliphatic hydroxyl groups excluding tert-OH is 1. The summed E-state index contributed by atoms with van der Waals surface area (Å²) in [6.45, 7) is 1.40. The number of amides is 3. The second-order valence-electron chi connectivity index (χ2n) is 7.62. The van der Waals surface area contributed by atoms with Gasteiger partial charge in [0.2, 0.25) is 5.91 Å². The van der Waals surface area contributed by atoms with Gasteiger partial charge < -0.3 is 40.0 Å². The van der Waals surface area contributed by atoms with Gasteiger partial charge in [-0.2, -0.15) is 0 Å². The highest BCUT2D eigenvalue weighted by Gasteiger charge is 2.50. The van der Waals surface area contributed by atoms with Crippen LogP contribution in [0.3, 0.4) is 0 Å². The zero-order valence-corrected chi connectivity index (χ0v) is 17.8. The number of carbonyl (C=O) groups excluding carboxylic acids is 2. The molecule has 10 heteroatoms. The number of fused-ring (bicyclic) bond motifs is 1. The molecule has 2 saturated heterocycles. The molecule has 0 aromatic heterocycles. The Bertz CT molecular complexity index is 730. The molecule has 1 aromatic rings. The van der Waals surface area contributed by atoms with Gasteiger partial charge in [0.15, 0.2) is 0 Å². The molecule has 5 atom stereocenters. The van der Waals surface area contributed by atoms with Gasteiger partial charge in [0, 0.05) is 33.2 Å². The minimum absolute atomic E-state index is 0.124. The maximum atomic E-state index is 12.3. The third-order valence-electron chi connectivity index (χ3n) is 5.40. The number of methoxy groups -OCH3 is 2. The number of rotatable bonds is 10. The van der Waals surface area contributed by atoms with Crippen molar-refractivity contribution >= 4 is 11.9 Å². The number of carbonyl (C=O) groups is 2. The molecule has 172 valence electrons.